The molecule has 1 aromatic rings. The van der Waals surface area contributed by atoms with Crippen LogP contribution < -0.4 is 11.1 Å². The van der Waals surface area contributed by atoms with Crippen LogP contribution in [0.3, 0.4) is 0 Å². The predicted molar refractivity (Wildman–Crippen MR) is 73.2 cm³/mol. The molecule has 0 saturated heterocycles. The molecule has 0 radical (unpaired) electrons. The number of nitrogen functional groups attached to an aromatic ring is 1. The molecule has 18 heavy (non-hydrogen) atoms. The number of nitrogens with zero attached hydrogens (tertiary/aromatic N) is 1. The monoisotopic (exact) mass is 243 g/mol. The van der Waals surface area contributed by atoms with Gasteiger partial charge < -0.3 is 11.1 Å². The van der Waals surface area contributed by atoms with E-state index in [0.29, 0.717) is 5.54 Å². The highest BCUT2D eigenvalue weighted by Gasteiger charge is 2.50. The molecule has 96 valence electrons. The lowest BCUT2D eigenvalue weighted by Crippen LogP contribution is -2.54. The highest BCUT2D eigenvalue weighted by molar-refractivity contribution is 5.65. The Bertz CT molecular complexity index is 433. The van der Waals surface area contributed by atoms with E-state index in [1.807, 2.05) is 12.3 Å². The molecule has 3 N–H and O–H groups in total. The van der Waals surface area contributed by atoms with Crippen molar-refractivity contribution in [2.45, 2.75) is 44.1 Å². The van der Waals surface area contributed by atoms with Crippen molar-refractivity contribution in [3.63, 3.8) is 0 Å². The zero-order chi connectivity index (χ0) is 12.2. The second-order valence-electron chi connectivity index (χ2n) is 6.79. The third-order valence-corrected chi connectivity index (χ3v) is 5.29. The van der Waals surface area contributed by atoms with Crippen molar-refractivity contribution in [1.29, 1.82) is 0 Å². The first kappa shape index (κ1) is 10.7. The van der Waals surface area contributed by atoms with E-state index in [9.17, 15) is 0 Å². The fourth-order valence-electron chi connectivity index (χ4n) is 5.07. The van der Waals surface area contributed by atoms with E-state index in [4.69, 9.17) is 5.73 Å². The van der Waals surface area contributed by atoms with Crippen molar-refractivity contribution < 1.29 is 0 Å². The van der Waals surface area contributed by atoms with Gasteiger partial charge in [-0.1, -0.05) is 0 Å². The smallest absolute Gasteiger partial charge is 0.0736 e. The van der Waals surface area contributed by atoms with Crippen LogP contribution in [-0.2, 0) is 0 Å². The Hall–Kier alpha value is -1.25. The van der Waals surface area contributed by atoms with Crippen LogP contribution in [0.5, 0.6) is 0 Å². The first-order valence-corrected chi connectivity index (χ1v) is 7.20. The number of rotatable bonds is 2. The van der Waals surface area contributed by atoms with Gasteiger partial charge in [0.1, 0.15) is 0 Å². The molecule has 3 heteroatoms. The van der Waals surface area contributed by atoms with Gasteiger partial charge >= 0.3 is 0 Å². The molecule has 3 nitrogen and oxygen atoms in total. The highest BCUT2D eigenvalue weighted by atomic mass is 15.0. The summed E-state index contributed by atoms with van der Waals surface area (Å²) in [5.41, 5.74) is 8.24. The number of pyridine rings is 1. The van der Waals surface area contributed by atoms with E-state index in [2.05, 4.69) is 10.3 Å². The van der Waals surface area contributed by atoms with Crippen LogP contribution in [-0.4, -0.2) is 10.5 Å². The summed E-state index contributed by atoms with van der Waals surface area (Å²) >= 11 is 0. The highest BCUT2D eigenvalue weighted by Crippen LogP contribution is 2.56. The molecule has 1 heterocycles. The van der Waals surface area contributed by atoms with Crippen molar-refractivity contribution in [3.8, 4) is 0 Å². The molecule has 0 aliphatic heterocycles. The average molecular weight is 243 g/mol. The molecular weight excluding hydrogens is 222 g/mol. The van der Waals surface area contributed by atoms with E-state index in [1.54, 1.807) is 6.20 Å². The third-order valence-electron chi connectivity index (χ3n) is 5.29. The molecular formula is C15H21N3. The molecule has 0 atom stereocenters. The van der Waals surface area contributed by atoms with Gasteiger partial charge in [-0.3, -0.25) is 4.98 Å². The molecule has 4 bridgehead atoms. The van der Waals surface area contributed by atoms with E-state index in [0.717, 1.165) is 29.1 Å². The van der Waals surface area contributed by atoms with Gasteiger partial charge in [0.15, 0.2) is 0 Å². The number of hydrogen-bond acceptors (Lipinski definition) is 3. The van der Waals surface area contributed by atoms with Gasteiger partial charge in [-0.25, -0.2) is 0 Å². The van der Waals surface area contributed by atoms with Crippen molar-refractivity contribution in [3.05, 3.63) is 18.5 Å². The van der Waals surface area contributed by atoms with Crippen LogP contribution in [0.4, 0.5) is 11.4 Å². The Morgan fingerprint density at radius 2 is 1.72 bits per heavy atom. The summed E-state index contributed by atoms with van der Waals surface area (Å²) in [6, 6.07) is 2.02. The summed E-state index contributed by atoms with van der Waals surface area (Å²) < 4.78 is 0. The van der Waals surface area contributed by atoms with Crippen LogP contribution >= 0.6 is 0 Å². The molecule has 4 aliphatic carbocycles. The summed E-state index contributed by atoms with van der Waals surface area (Å²) in [4.78, 5) is 4.07. The van der Waals surface area contributed by atoms with E-state index in [1.165, 1.54) is 38.5 Å². The van der Waals surface area contributed by atoms with E-state index >= 15 is 0 Å². The average Bonchev–Trinajstić information content (AvgIpc) is 2.30. The Morgan fingerprint density at radius 1 is 1.11 bits per heavy atom. The topological polar surface area (TPSA) is 50.9 Å². The second-order valence-corrected chi connectivity index (χ2v) is 6.79. The first-order chi connectivity index (χ1) is 8.72. The molecule has 4 fully saturated rings. The van der Waals surface area contributed by atoms with Crippen LogP contribution in [0.1, 0.15) is 38.5 Å². The third kappa shape index (κ3) is 1.60. The normalized spacial score (nSPS) is 41.0. The summed E-state index contributed by atoms with van der Waals surface area (Å²) in [6.07, 6.45) is 12.1. The molecule has 1 aromatic heterocycles. The van der Waals surface area contributed by atoms with Gasteiger partial charge in [-0.15, -0.1) is 0 Å². The molecule has 4 saturated carbocycles. The second kappa shape index (κ2) is 3.62. The standard InChI is InChI=1S/C15H21N3/c16-13-9-17-2-1-14(13)18-15-6-10-3-11(7-15)5-12(4-10)8-15/h1-2,9-12H,3-8,16H2,(H,17,18). The van der Waals surface area contributed by atoms with Gasteiger partial charge in [-0.2, -0.15) is 0 Å². The SMILES string of the molecule is Nc1cnccc1NC12CC3CC(CC(C3)C1)C2. The Labute approximate surface area is 108 Å². The van der Waals surface area contributed by atoms with Crippen LogP contribution in [0.2, 0.25) is 0 Å². The Kier molecular flexibility index (Phi) is 2.14. The largest absolute Gasteiger partial charge is 0.396 e. The van der Waals surface area contributed by atoms with Crippen molar-refractivity contribution >= 4 is 11.4 Å². The van der Waals surface area contributed by atoms with Gasteiger partial charge in [0.25, 0.3) is 0 Å². The molecule has 5 rings (SSSR count). The minimum atomic E-state index is 0.338. The maximum absolute atomic E-state index is 6.02. The molecule has 0 amide bonds. The van der Waals surface area contributed by atoms with E-state index in [-0.39, 0.29) is 0 Å². The Balaban J connectivity index is 1.63. The fraction of sp³-hybridized carbons (Fsp3) is 0.667. The number of anilines is 2. The minimum absolute atomic E-state index is 0.338. The molecule has 0 aromatic carbocycles. The first-order valence-electron chi connectivity index (χ1n) is 7.20. The molecule has 4 aliphatic rings. The Morgan fingerprint density at radius 3 is 2.28 bits per heavy atom. The summed E-state index contributed by atoms with van der Waals surface area (Å²) in [7, 11) is 0. The fourth-order valence-corrected chi connectivity index (χ4v) is 5.07. The maximum Gasteiger partial charge on any atom is 0.0736 e. The summed E-state index contributed by atoms with van der Waals surface area (Å²) in [6.45, 7) is 0. The minimum Gasteiger partial charge on any atom is -0.396 e. The van der Waals surface area contributed by atoms with Gasteiger partial charge in [0, 0.05) is 11.7 Å². The lowest BCUT2D eigenvalue weighted by Gasteiger charge is -2.57. The zero-order valence-corrected chi connectivity index (χ0v) is 10.7. The molecule has 0 unspecified atom stereocenters. The van der Waals surface area contributed by atoms with Crippen molar-refractivity contribution in [1.82, 2.24) is 4.98 Å². The lowest BCUT2D eigenvalue weighted by atomic mass is 9.53. The number of hydrogen-bond donors (Lipinski definition) is 2. The van der Waals surface area contributed by atoms with E-state index < -0.39 is 0 Å². The number of aromatic nitrogens is 1. The number of nitrogens with two attached hydrogens (primary N) is 1. The lowest BCUT2D eigenvalue weighted by molar-refractivity contribution is 0.0107. The summed E-state index contributed by atoms with van der Waals surface area (Å²) in [5.74, 6) is 2.89. The molecule has 0 spiro atoms. The maximum atomic E-state index is 6.02. The summed E-state index contributed by atoms with van der Waals surface area (Å²) in [5, 5.41) is 3.79. The van der Waals surface area contributed by atoms with Crippen LogP contribution in [0.25, 0.3) is 0 Å². The van der Waals surface area contributed by atoms with Gasteiger partial charge in [0.2, 0.25) is 0 Å². The van der Waals surface area contributed by atoms with Crippen LogP contribution in [0.15, 0.2) is 18.5 Å². The van der Waals surface area contributed by atoms with Gasteiger partial charge in [-0.05, 0) is 62.3 Å². The van der Waals surface area contributed by atoms with Crippen molar-refractivity contribution in [2.75, 3.05) is 11.1 Å². The number of nitrogens with one attached hydrogen (secondary N) is 1. The van der Waals surface area contributed by atoms with Gasteiger partial charge in [0.05, 0.1) is 17.6 Å². The predicted octanol–water partition coefficient (Wildman–Crippen LogP) is 3.04. The quantitative estimate of drug-likeness (QED) is 0.839. The zero-order valence-electron chi connectivity index (χ0n) is 10.7. The van der Waals surface area contributed by atoms with Crippen LogP contribution in [0, 0.1) is 17.8 Å². The van der Waals surface area contributed by atoms with Crippen molar-refractivity contribution in [2.24, 2.45) is 17.8 Å².